The van der Waals surface area contributed by atoms with Crippen molar-refractivity contribution in [3.8, 4) is 0 Å². The summed E-state index contributed by atoms with van der Waals surface area (Å²) < 4.78 is 5.76. The first-order valence-corrected chi connectivity index (χ1v) is 15.0. The molecular formula is C32H50N2O4. The summed E-state index contributed by atoms with van der Waals surface area (Å²) in [7, 11) is 0. The summed E-state index contributed by atoms with van der Waals surface area (Å²) in [5.41, 5.74) is 2.47. The van der Waals surface area contributed by atoms with Crippen LogP contribution >= 0.6 is 0 Å². The molecule has 3 N–H and O–H groups in total. The fourth-order valence-corrected chi connectivity index (χ4v) is 11.2. The van der Waals surface area contributed by atoms with Gasteiger partial charge in [-0.05, 0) is 110 Å². The number of ether oxygens (including phenoxy) is 1. The molecule has 5 rings (SSSR count). The molecule has 6 nitrogen and oxygen atoms in total. The summed E-state index contributed by atoms with van der Waals surface area (Å²) in [6.07, 6.45) is 9.39. The number of ketones is 1. The fourth-order valence-electron chi connectivity index (χ4n) is 11.2. The first kappa shape index (κ1) is 27.9. The summed E-state index contributed by atoms with van der Waals surface area (Å²) in [5.74, 6) is 6.68. The first-order valence-electron chi connectivity index (χ1n) is 15.0. The molecule has 4 saturated carbocycles. The van der Waals surface area contributed by atoms with Gasteiger partial charge < -0.3 is 4.74 Å². The van der Waals surface area contributed by atoms with Gasteiger partial charge in [0.2, 0.25) is 5.91 Å². The minimum Gasteiger partial charge on any atom is -0.461 e. The molecule has 0 aromatic heterocycles. The van der Waals surface area contributed by atoms with Crippen LogP contribution in [0, 0.1) is 56.7 Å². The predicted octanol–water partition coefficient (Wildman–Crippen LogP) is 5.74. The number of allylic oxidation sites excluding steroid dienone is 2. The van der Waals surface area contributed by atoms with Crippen LogP contribution in [0.2, 0.25) is 0 Å². The maximum atomic E-state index is 14.5. The second-order valence-corrected chi connectivity index (χ2v) is 15.2. The molecule has 38 heavy (non-hydrogen) atoms. The Balaban J connectivity index is 1.62. The predicted molar refractivity (Wildman–Crippen MR) is 147 cm³/mol. The standard InChI is InChI=1S/C32H50N2O4/c1-18-9-12-28(4)15-16-30(6)21(25(28)19(18)2)17-22(36)26-29(5)13-11-24(38-20(3)35)32(8,27(37)34-33)23(29)10-14-31(26,30)7/h17-19,23-26H,9-16,33H2,1-8H3,(H,34,37)/t18-,19+,23?,24-,25?,26?,28-,29+,30-,31-,32-/m1/s1. The molecule has 0 radical (unpaired) electrons. The van der Waals surface area contributed by atoms with Gasteiger partial charge in [-0.3, -0.25) is 19.8 Å². The molecule has 0 bridgehead atoms. The van der Waals surface area contributed by atoms with E-state index >= 15 is 0 Å². The Hall–Kier alpha value is -1.69. The van der Waals surface area contributed by atoms with Crippen LogP contribution in [0.3, 0.4) is 0 Å². The maximum Gasteiger partial charge on any atom is 0.302 e. The third-order valence-electron chi connectivity index (χ3n) is 13.7. The monoisotopic (exact) mass is 526 g/mol. The molecule has 0 aliphatic heterocycles. The number of hydrogen-bond acceptors (Lipinski definition) is 5. The Bertz CT molecular complexity index is 1090. The number of carbonyl (C=O) groups excluding carboxylic acids is 3. The normalized spacial score (nSPS) is 51.9. The second kappa shape index (κ2) is 8.65. The highest BCUT2D eigenvalue weighted by Gasteiger charge is 2.72. The van der Waals surface area contributed by atoms with E-state index in [1.165, 1.54) is 31.8 Å². The number of carbonyl (C=O) groups is 3. The maximum absolute atomic E-state index is 14.5. The lowest BCUT2D eigenvalue weighted by Crippen LogP contribution is -2.69. The Labute approximate surface area is 229 Å². The number of esters is 1. The van der Waals surface area contributed by atoms with Crippen LogP contribution in [0.1, 0.15) is 107 Å². The number of rotatable bonds is 2. The van der Waals surface area contributed by atoms with Gasteiger partial charge >= 0.3 is 5.97 Å². The van der Waals surface area contributed by atoms with Crippen LogP contribution in [0.4, 0.5) is 0 Å². The Morgan fingerprint density at radius 3 is 2.29 bits per heavy atom. The fraction of sp³-hybridized carbons (Fsp3) is 0.844. The molecule has 0 aromatic rings. The van der Waals surface area contributed by atoms with Crippen LogP contribution < -0.4 is 11.3 Å². The summed E-state index contributed by atoms with van der Waals surface area (Å²) >= 11 is 0. The minimum atomic E-state index is -0.988. The minimum absolute atomic E-state index is 0.0473. The van der Waals surface area contributed by atoms with E-state index in [4.69, 9.17) is 10.6 Å². The van der Waals surface area contributed by atoms with Crippen molar-refractivity contribution in [2.24, 2.45) is 62.5 Å². The summed E-state index contributed by atoms with van der Waals surface area (Å²) in [5, 5.41) is 0. The second-order valence-electron chi connectivity index (χ2n) is 15.2. The number of amides is 1. The van der Waals surface area contributed by atoms with Crippen LogP contribution in [-0.2, 0) is 19.1 Å². The van der Waals surface area contributed by atoms with E-state index in [-0.39, 0.29) is 51.2 Å². The number of fused-ring (bicyclic) bond motifs is 7. The highest BCUT2D eigenvalue weighted by molar-refractivity contribution is 5.96. The zero-order valence-electron chi connectivity index (χ0n) is 24.9. The van der Waals surface area contributed by atoms with Crippen molar-refractivity contribution in [1.29, 1.82) is 0 Å². The van der Waals surface area contributed by atoms with E-state index in [0.717, 1.165) is 25.7 Å². The Morgan fingerprint density at radius 1 is 0.974 bits per heavy atom. The molecule has 4 fully saturated rings. The average Bonchev–Trinajstić information content (AvgIpc) is 2.84. The van der Waals surface area contributed by atoms with Crippen molar-refractivity contribution in [1.82, 2.24) is 5.43 Å². The Kier molecular flexibility index (Phi) is 6.34. The van der Waals surface area contributed by atoms with Crippen molar-refractivity contribution in [3.05, 3.63) is 11.6 Å². The zero-order chi connectivity index (χ0) is 28.1. The number of nitrogens with two attached hydrogens (primary N) is 1. The lowest BCUT2D eigenvalue weighted by atomic mass is 9.33. The van der Waals surface area contributed by atoms with Gasteiger partial charge in [0.15, 0.2) is 5.78 Å². The molecule has 0 saturated heterocycles. The van der Waals surface area contributed by atoms with Gasteiger partial charge in [0.05, 0.1) is 5.41 Å². The van der Waals surface area contributed by atoms with Gasteiger partial charge in [-0.1, -0.05) is 47.1 Å². The number of hydrogen-bond donors (Lipinski definition) is 2. The van der Waals surface area contributed by atoms with E-state index in [2.05, 4.69) is 53.0 Å². The van der Waals surface area contributed by atoms with Gasteiger partial charge in [0.25, 0.3) is 0 Å². The molecule has 0 heterocycles. The molecule has 212 valence electrons. The largest absolute Gasteiger partial charge is 0.461 e. The molecule has 5 aliphatic rings. The van der Waals surface area contributed by atoms with Gasteiger partial charge in [-0.25, -0.2) is 5.84 Å². The smallest absolute Gasteiger partial charge is 0.302 e. The molecular weight excluding hydrogens is 476 g/mol. The number of nitrogens with one attached hydrogen (secondary N) is 1. The van der Waals surface area contributed by atoms with Crippen LogP contribution in [0.5, 0.6) is 0 Å². The summed E-state index contributed by atoms with van der Waals surface area (Å²) in [6.45, 7) is 17.7. The quantitative estimate of drug-likeness (QED) is 0.207. The lowest BCUT2D eigenvalue weighted by molar-refractivity contribution is -0.214. The molecule has 3 unspecified atom stereocenters. The van der Waals surface area contributed by atoms with E-state index in [9.17, 15) is 14.4 Å². The number of hydrazine groups is 1. The molecule has 0 aromatic carbocycles. The molecule has 5 aliphatic carbocycles. The summed E-state index contributed by atoms with van der Waals surface area (Å²) in [4.78, 5) is 39.9. The van der Waals surface area contributed by atoms with Gasteiger partial charge in [0, 0.05) is 12.8 Å². The van der Waals surface area contributed by atoms with Crippen LogP contribution in [-0.4, -0.2) is 23.8 Å². The van der Waals surface area contributed by atoms with Gasteiger partial charge in [0.1, 0.15) is 6.10 Å². The lowest BCUT2D eigenvalue weighted by Gasteiger charge is -2.70. The third kappa shape index (κ3) is 3.37. The highest BCUT2D eigenvalue weighted by Crippen LogP contribution is 2.75. The van der Waals surface area contributed by atoms with E-state index < -0.39 is 11.5 Å². The molecule has 11 atom stereocenters. The van der Waals surface area contributed by atoms with Crippen molar-refractivity contribution in [2.45, 2.75) is 113 Å². The topological polar surface area (TPSA) is 98.5 Å². The highest BCUT2D eigenvalue weighted by atomic mass is 16.5. The third-order valence-corrected chi connectivity index (χ3v) is 13.7. The van der Waals surface area contributed by atoms with Crippen molar-refractivity contribution in [3.63, 3.8) is 0 Å². The van der Waals surface area contributed by atoms with Crippen LogP contribution in [0.25, 0.3) is 0 Å². The van der Waals surface area contributed by atoms with Crippen molar-refractivity contribution in [2.75, 3.05) is 0 Å². The van der Waals surface area contributed by atoms with Crippen molar-refractivity contribution >= 4 is 17.7 Å². The molecule has 6 heteroatoms. The van der Waals surface area contributed by atoms with Crippen LogP contribution in [0.15, 0.2) is 11.6 Å². The van der Waals surface area contributed by atoms with Gasteiger partial charge in [-0.2, -0.15) is 0 Å². The average molecular weight is 527 g/mol. The molecule has 0 spiro atoms. The van der Waals surface area contributed by atoms with Gasteiger partial charge in [-0.15, -0.1) is 0 Å². The van der Waals surface area contributed by atoms with E-state index in [1.54, 1.807) is 0 Å². The van der Waals surface area contributed by atoms with Crippen molar-refractivity contribution < 1.29 is 19.1 Å². The Morgan fingerprint density at radius 2 is 1.66 bits per heavy atom. The SMILES string of the molecule is CC(=O)O[C@@H]1CC[C@@]2(C)C(CC[C@]3(C)C2C(=O)C=C2C4[C@@H](C)[C@H](C)CC[C@]4(C)CC[C@]23C)[C@@]1(C)C(=O)NN. The van der Waals surface area contributed by atoms with E-state index in [0.29, 0.717) is 24.2 Å². The zero-order valence-corrected chi connectivity index (χ0v) is 24.9. The first-order chi connectivity index (χ1) is 17.6. The van der Waals surface area contributed by atoms with E-state index in [1.807, 2.05) is 6.92 Å². The molecule has 1 amide bonds. The summed E-state index contributed by atoms with van der Waals surface area (Å²) in [6, 6.07) is 0.